The number of hydrogen-bond donors (Lipinski definition) is 1. The van der Waals surface area contributed by atoms with Crippen LogP contribution in [0.25, 0.3) is 0 Å². The SMILES string of the molecule is CCCC1CCCC(N2CCN(C(C)C(=O)O)CC2)CC1. The first kappa shape index (κ1) is 16.8. The third kappa shape index (κ3) is 4.68. The van der Waals surface area contributed by atoms with Gasteiger partial charge in [-0.25, -0.2) is 0 Å². The normalized spacial score (nSPS) is 30.8. The summed E-state index contributed by atoms with van der Waals surface area (Å²) in [4.78, 5) is 15.8. The van der Waals surface area contributed by atoms with Gasteiger partial charge in [-0.3, -0.25) is 14.6 Å². The van der Waals surface area contributed by atoms with Gasteiger partial charge in [0.15, 0.2) is 0 Å². The van der Waals surface area contributed by atoms with E-state index in [0.29, 0.717) is 0 Å². The zero-order valence-electron chi connectivity index (χ0n) is 13.8. The third-order valence-electron chi connectivity index (χ3n) is 5.53. The van der Waals surface area contributed by atoms with Gasteiger partial charge in [-0.05, 0) is 32.1 Å². The number of rotatable bonds is 5. The fraction of sp³-hybridized carbons (Fsp3) is 0.941. The molecule has 3 unspecified atom stereocenters. The highest BCUT2D eigenvalue weighted by Gasteiger charge is 2.29. The van der Waals surface area contributed by atoms with Crippen LogP contribution in [0.3, 0.4) is 0 Å². The van der Waals surface area contributed by atoms with Crippen LogP contribution < -0.4 is 0 Å². The van der Waals surface area contributed by atoms with Gasteiger partial charge in [0.05, 0.1) is 0 Å². The van der Waals surface area contributed by atoms with Crippen LogP contribution in [0.2, 0.25) is 0 Å². The topological polar surface area (TPSA) is 43.8 Å². The molecule has 0 aromatic carbocycles. The molecule has 2 rings (SSSR count). The maximum atomic E-state index is 11.1. The van der Waals surface area contributed by atoms with Gasteiger partial charge in [-0.1, -0.05) is 32.6 Å². The molecule has 0 radical (unpaired) electrons. The van der Waals surface area contributed by atoms with E-state index in [-0.39, 0.29) is 6.04 Å². The van der Waals surface area contributed by atoms with Crippen molar-refractivity contribution in [2.45, 2.75) is 70.9 Å². The monoisotopic (exact) mass is 296 g/mol. The van der Waals surface area contributed by atoms with Crippen molar-refractivity contribution in [1.82, 2.24) is 9.80 Å². The molecule has 1 saturated heterocycles. The van der Waals surface area contributed by atoms with E-state index < -0.39 is 5.97 Å². The van der Waals surface area contributed by atoms with Crippen LogP contribution in [0.1, 0.15) is 58.8 Å². The molecule has 21 heavy (non-hydrogen) atoms. The first-order valence-electron chi connectivity index (χ1n) is 8.82. The van der Waals surface area contributed by atoms with Gasteiger partial charge >= 0.3 is 5.97 Å². The quantitative estimate of drug-likeness (QED) is 0.792. The minimum atomic E-state index is -0.694. The molecule has 0 aromatic heterocycles. The number of carbonyl (C=O) groups is 1. The highest BCUT2D eigenvalue weighted by atomic mass is 16.4. The number of hydrogen-bond acceptors (Lipinski definition) is 3. The van der Waals surface area contributed by atoms with Crippen LogP contribution in [0.15, 0.2) is 0 Å². The van der Waals surface area contributed by atoms with Gasteiger partial charge in [-0.2, -0.15) is 0 Å². The van der Waals surface area contributed by atoms with E-state index in [1.165, 1.54) is 44.9 Å². The largest absolute Gasteiger partial charge is 0.480 e. The zero-order valence-corrected chi connectivity index (χ0v) is 13.8. The summed E-state index contributed by atoms with van der Waals surface area (Å²) < 4.78 is 0. The van der Waals surface area contributed by atoms with Crippen molar-refractivity contribution >= 4 is 5.97 Å². The molecule has 0 aromatic rings. The maximum absolute atomic E-state index is 11.1. The van der Waals surface area contributed by atoms with Gasteiger partial charge < -0.3 is 5.11 Å². The fourth-order valence-corrected chi connectivity index (χ4v) is 4.07. The Morgan fingerprint density at radius 2 is 1.86 bits per heavy atom. The predicted molar refractivity (Wildman–Crippen MR) is 85.5 cm³/mol. The number of nitrogens with zero attached hydrogens (tertiary/aromatic N) is 2. The lowest BCUT2D eigenvalue weighted by Crippen LogP contribution is -2.54. The summed E-state index contributed by atoms with van der Waals surface area (Å²) in [5, 5.41) is 9.11. The van der Waals surface area contributed by atoms with Gasteiger partial charge in [0.1, 0.15) is 6.04 Å². The third-order valence-corrected chi connectivity index (χ3v) is 5.53. The molecule has 1 aliphatic heterocycles. The predicted octanol–water partition coefficient (Wildman–Crippen LogP) is 2.83. The summed E-state index contributed by atoms with van der Waals surface area (Å²) in [7, 11) is 0. The summed E-state index contributed by atoms with van der Waals surface area (Å²) in [6.07, 6.45) is 9.59. The van der Waals surface area contributed by atoms with Crippen LogP contribution in [-0.4, -0.2) is 59.1 Å². The van der Waals surface area contributed by atoms with E-state index in [4.69, 9.17) is 5.11 Å². The van der Waals surface area contributed by atoms with E-state index >= 15 is 0 Å². The van der Waals surface area contributed by atoms with Crippen LogP contribution in [0, 0.1) is 5.92 Å². The van der Waals surface area contributed by atoms with Crippen molar-refractivity contribution in [3.8, 4) is 0 Å². The molecule has 0 bridgehead atoms. The maximum Gasteiger partial charge on any atom is 0.320 e. The summed E-state index contributed by atoms with van der Waals surface area (Å²) in [6.45, 7) is 8.00. The van der Waals surface area contributed by atoms with Gasteiger partial charge in [0.25, 0.3) is 0 Å². The summed E-state index contributed by atoms with van der Waals surface area (Å²) in [5.74, 6) is 0.258. The second kappa shape index (κ2) is 8.14. The minimum absolute atomic E-state index is 0.338. The Kier molecular flexibility index (Phi) is 6.49. The standard InChI is InChI=1S/C17H32N2O2/c1-3-5-15-6-4-7-16(9-8-15)19-12-10-18(11-13-19)14(2)17(20)21/h14-16H,3-13H2,1-2H3,(H,20,21). The van der Waals surface area contributed by atoms with Crippen molar-refractivity contribution in [1.29, 1.82) is 0 Å². The van der Waals surface area contributed by atoms with Crippen LogP contribution in [-0.2, 0) is 4.79 Å². The molecular weight excluding hydrogens is 264 g/mol. The molecular formula is C17H32N2O2. The van der Waals surface area contributed by atoms with E-state index in [1.807, 2.05) is 0 Å². The Morgan fingerprint density at radius 1 is 1.14 bits per heavy atom. The van der Waals surface area contributed by atoms with Crippen molar-refractivity contribution in [3.63, 3.8) is 0 Å². The van der Waals surface area contributed by atoms with E-state index in [1.54, 1.807) is 6.92 Å². The van der Waals surface area contributed by atoms with E-state index in [0.717, 1.165) is 38.1 Å². The van der Waals surface area contributed by atoms with Gasteiger partial charge in [-0.15, -0.1) is 0 Å². The summed E-state index contributed by atoms with van der Waals surface area (Å²) >= 11 is 0. The molecule has 1 N–H and O–H groups in total. The molecule has 4 nitrogen and oxygen atoms in total. The number of carboxylic acid groups (broad SMARTS) is 1. The lowest BCUT2D eigenvalue weighted by Gasteiger charge is -2.40. The van der Waals surface area contributed by atoms with Gasteiger partial charge in [0.2, 0.25) is 0 Å². The molecule has 2 aliphatic rings. The first-order valence-corrected chi connectivity index (χ1v) is 8.82. The average molecular weight is 296 g/mol. The van der Waals surface area contributed by atoms with E-state index in [9.17, 15) is 4.79 Å². The first-order chi connectivity index (χ1) is 10.1. The molecule has 1 heterocycles. The Hall–Kier alpha value is -0.610. The Morgan fingerprint density at radius 3 is 2.48 bits per heavy atom. The summed E-state index contributed by atoms with van der Waals surface area (Å²) in [5.41, 5.74) is 0. The number of aliphatic carboxylic acids is 1. The second-order valence-corrected chi connectivity index (χ2v) is 6.90. The van der Waals surface area contributed by atoms with Crippen molar-refractivity contribution in [3.05, 3.63) is 0 Å². The van der Waals surface area contributed by atoms with Crippen molar-refractivity contribution < 1.29 is 9.90 Å². The molecule has 0 spiro atoms. The molecule has 2 fully saturated rings. The molecule has 1 saturated carbocycles. The van der Waals surface area contributed by atoms with E-state index in [2.05, 4.69) is 16.7 Å². The summed E-state index contributed by atoms with van der Waals surface area (Å²) in [6, 6.07) is 0.407. The highest BCUT2D eigenvalue weighted by Crippen LogP contribution is 2.29. The Labute approximate surface area is 129 Å². The van der Waals surface area contributed by atoms with Crippen LogP contribution in [0.5, 0.6) is 0 Å². The highest BCUT2D eigenvalue weighted by molar-refractivity contribution is 5.72. The molecule has 3 atom stereocenters. The smallest absolute Gasteiger partial charge is 0.320 e. The molecule has 122 valence electrons. The molecule has 1 aliphatic carbocycles. The zero-order chi connectivity index (χ0) is 15.2. The van der Waals surface area contributed by atoms with Crippen LogP contribution in [0.4, 0.5) is 0 Å². The average Bonchev–Trinajstić information content (AvgIpc) is 2.73. The lowest BCUT2D eigenvalue weighted by atomic mass is 9.95. The van der Waals surface area contributed by atoms with Crippen molar-refractivity contribution in [2.24, 2.45) is 5.92 Å². The minimum Gasteiger partial charge on any atom is -0.480 e. The second-order valence-electron chi connectivity index (χ2n) is 6.90. The molecule has 4 heteroatoms. The molecule has 0 amide bonds. The van der Waals surface area contributed by atoms with Crippen LogP contribution >= 0.6 is 0 Å². The number of piperazine rings is 1. The van der Waals surface area contributed by atoms with Gasteiger partial charge in [0, 0.05) is 32.2 Å². The lowest BCUT2D eigenvalue weighted by molar-refractivity contribution is -0.143. The Balaban J connectivity index is 1.78. The Bertz CT molecular complexity index is 327. The number of carboxylic acids is 1. The van der Waals surface area contributed by atoms with Crippen molar-refractivity contribution in [2.75, 3.05) is 26.2 Å². The fourth-order valence-electron chi connectivity index (χ4n) is 4.07.